The SMILES string of the molecule is COC[C@@H](C)n1c(COc2ccccc2F)nnc1S[C@@H](C)C(=O)NC(N)=O. The number of nitrogens with one attached hydrogen (secondary N) is 1. The van der Waals surface area contributed by atoms with Gasteiger partial charge in [-0.3, -0.25) is 14.7 Å². The fourth-order valence-electron chi connectivity index (χ4n) is 2.38. The highest BCUT2D eigenvalue weighted by Crippen LogP contribution is 2.27. The Bertz CT molecular complexity index is 832. The van der Waals surface area contributed by atoms with Gasteiger partial charge in [0, 0.05) is 7.11 Å². The number of amides is 3. The monoisotopic (exact) mass is 411 g/mol. The molecule has 152 valence electrons. The summed E-state index contributed by atoms with van der Waals surface area (Å²) in [6.07, 6.45) is 0. The first-order valence-corrected chi connectivity index (χ1v) is 9.28. The van der Waals surface area contributed by atoms with E-state index >= 15 is 0 Å². The quantitative estimate of drug-likeness (QED) is 0.604. The van der Waals surface area contributed by atoms with Gasteiger partial charge in [-0.15, -0.1) is 10.2 Å². The van der Waals surface area contributed by atoms with Gasteiger partial charge in [-0.25, -0.2) is 9.18 Å². The van der Waals surface area contributed by atoms with Gasteiger partial charge in [-0.1, -0.05) is 23.9 Å². The van der Waals surface area contributed by atoms with E-state index in [0.717, 1.165) is 11.8 Å². The highest BCUT2D eigenvalue weighted by atomic mass is 32.2. The lowest BCUT2D eigenvalue weighted by atomic mass is 10.3. The van der Waals surface area contributed by atoms with Gasteiger partial charge in [0.05, 0.1) is 17.9 Å². The van der Waals surface area contributed by atoms with E-state index in [1.807, 2.05) is 12.2 Å². The van der Waals surface area contributed by atoms with Crippen molar-refractivity contribution in [1.29, 1.82) is 0 Å². The van der Waals surface area contributed by atoms with E-state index in [2.05, 4.69) is 10.2 Å². The predicted molar refractivity (Wildman–Crippen MR) is 100 cm³/mol. The summed E-state index contributed by atoms with van der Waals surface area (Å²) < 4.78 is 26.2. The number of carbonyl (C=O) groups excluding carboxylic acids is 2. The molecule has 1 aromatic heterocycles. The molecule has 0 saturated heterocycles. The smallest absolute Gasteiger partial charge is 0.318 e. The number of hydrogen-bond donors (Lipinski definition) is 2. The van der Waals surface area contributed by atoms with E-state index in [1.165, 1.54) is 12.1 Å². The van der Waals surface area contributed by atoms with Gasteiger partial charge in [-0.05, 0) is 26.0 Å². The molecule has 0 aliphatic rings. The third kappa shape index (κ3) is 5.67. The molecule has 0 saturated carbocycles. The molecule has 1 aromatic carbocycles. The molecule has 2 rings (SSSR count). The molecule has 9 nitrogen and oxygen atoms in total. The average molecular weight is 411 g/mol. The molecule has 1 heterocycles. The van der Waals surface area contributed by atoms with Gasteiger partial charge >= 0.3 is 6.03 Å². The number of primary amides is 1. The van der Waals surface area contributed by atoms with Crippen molar-refractivity contribution >= 4 is 23.7 Å². The Morgan fingerprint density at radius 1 is 1.32 bits per heavy atom. The number of nitrogens with zero attached hydrogens (tertiary/aromatic N) is 3. The Morgan fingerprint density at radius 2 is 2.04 bits per heavy atom. The number of carbonyl (C=O) groups is 2. The van der Waals surface area contributed by atoms with Crippen LogP contribution in [0.4, 0.5) is 9.18 Å². The number of benzene rings is 1. The average Bonchev–Trinajstić information content (AvgIpc) is 3.03. The summed E-state index contributed by atoms with van der Waals surface area (Å²) in [6, 6.07) is 4.95. The fraction of sp³-hybridized carbons (Fsp3) is 0.412. The summed E-state index contributed by atoms with van der Waals surface area (Å²) in [7, 11) is 1.56. The first-order valence-electron chi connectivity index (χ1n) is 8.40. The van der Waals surface area contributed by atoms with Crippen LogP contribution in [0.1, 0.15) is 25.7 Å². The number of ether oxygens (including phenoxy) is 2. The summed E-state index contributed by atoms with van der Waals surface area (Å²) in [5, 5.41) is 10.0. The number of aromatic nitrogens is 3. The second-order valence-corrected chi connectivity index (χ2v) is 7.21. The van der Waals surface area contributed by atoms with Crippen molar-refractivity contribution in [1.82, 2.24) is 20.1 Å². The normalized spacial score (nSPS) is 13.0. The maximum Gasteiger partial charge on any atom is 0.318 e. The van der Waals surface area contributed by atoms with Crippen molar-refractivity contribution in [2.75, 3.05) is 13.7 Å². The van der Waals surface area contributed by atoms with Crippen LogP contribution < -0.4 is 15.8 Å². The summed E-state index contributed by atoms with van der Waals surface area (Å²) in [4.78, 5) is 22.8. The van der Waals surface area contributed by atoms with Crippen LogP contribution in [-0.2, 0) is 16.1 Å². The third-order valence-corrected chi connectivity index (χ3v) is 4.73. The summed E-state index contributed by atoms with van der Waals surface area (Å²) >= 11 is 1.10. The minimum absolute atomic E-state index is 0.0234. The summed E-state index contributed by atoms with van der Waals surface area (Å²) in [6.45, 7) is 3.83. The standard InChI is InChI=1S/C17H22FN5O4S/c1-10(8-26-3)23-14(9-27-13-7-5-4-6-12(13)18)21-22-17(23)28-11(2)15(24)20-16(19)25/h4-7,10-11H,8-9H2,1-3H3,(H3,19,20,24,25)/t10-,11+/m1/s1. The van der Waals surface area contributed by atoms with Crippen LogP contribution in [0.15, 0.2) is 29.4 Å². The molecule has 2 aromatic rings. The molecule has 0 bridgehead atoms. The molecular weight excluding hydrogens is 389 g/mol. The maximum atomic E-state index is 13.8. The Kier molecular flexibility index (Phi) is 7.76. The van der Waals surface area contributed by atoms with Crippen molar-refractivity contribution in [2.45, 2.75) is 36.9 Å². The second-order valence-electron chi connectivity index (χ2n) is 5.91. The Labute approximate surface area is 165 Å². The minimum atomic E-state index is -0.925. The molecular formula is C17H22FN5O4S. The Balaban J connectivity index is 2.20. The largest absolute Gasteiger partial charge is 0.483 e. The zero-order valence-corrected chi connectivity index (χ0v) is 16.5. The number of halogens is 1. The van der Waals surface area contributed by atoms with E-state index in [1.54, 1.807) is 30.7 Å². The van der Waals surface area contributed by atoms with Crippen molar-refractivity contribution in [3.63, 3.8) is 0 Å². The number of hydrogen-bond acceptors (Lipinski definition) is 7. The number of methoxy groups -OCH3 is 1. The number of urea groups is 1. The second kappa shape index (κ2) is 10.0. The summed E-state index contributed by atoms with van der Waals surface area (Å²) in [5.74, 6) is -0.488. The molecule has 11 heteroatoms. The summed E-state index contributed by atoms with van der Waals surface area (Å²) in [5.41, 5.74) is 4.98. The number of nitrogens with two attached hydrogens (primary N) is 1. The molecule has 0 aliphatic carbocycles. The van der Waals surface area contributed by atoms with Gasteiger partial charge in [0.2, 0.25) is 5.91 Å². The van der Waals surface area contributed by atoms with Crippen molar-refractivity contribution in [3.05, 3.63) is 35.9 Å². The zero-order chi connectivity index (χ0) is 20.7. The molecule has 0 unspecified atom stereocenters. The van der Waals surface area contributed by atoms with Crippen LogP contribution in [0.25, 0.3) is 0 Å². The van der Waals surface area contributed by atoms with Crippen LogP contribution in [0.3, 0.4) is 0 Å². The van der Waals surface area contributed by atoms with Gasteiger partial charge in [0.1, 0.15) is 6.61 Å². The number of para-hydroxylation sites is 1. The Hall–Kier alpha value is -2.66. The Morgan fingerprint density at radius 3 is 2.68 bits per heavy atom. The topological polar surface area (TPSA) is 121 Å². The van der Waals surface area contributed by atoms with Gasteiger partial charge < -0.3 is 15.2 Å². The molecule has 0 spiro atoms. The lowest BCUT2D eigenvalue weighted by Crippen LogP contribution is -2.39. The number of thioether (sulfide) groups is 1. The fourth-order valence-corrected chi connectivity index (χ4v) is 3.35. The van der Waals surface area contributed by atoms with E-state index in [9.17, 15) is 14.0 Å². The van der Waals surface area contributed by atoms with E-state index in [-0.39, 0.29) is 18.4 Å². The van der Waals surface area contributed by atoms with Gasteiger partial charge in [0.15, 0.2) is 22.5 Å². The first kappa shape index (κ1) is 21.6. The third-order valence-electron chi connectivity index (χ3n) is 3.68. The van der Waals surface area contributed by atoms with Crippen molar-refractivity contribution < 1.29 is 23.5 Å². The number of imide groups is 1. The first-order chi connectivity index (χ1) is 13.3. The van der Waals surface area contributed by atoms with E-state index in [4.69, 9.17) is 15.2 Å². The van der Waals surface area contributed by atoms with Crippen LogP contribution in [0.2, 0.25) is 0 Å². The minimum Gasteiger partial charge on any atom is -0.483 e. The highest BCUT2D eigenvalue weighted by Gasteiger charge is 2.24. The molecule has 2 atom stereocenters. The molecule has 0 radical (unpaired) electrons. The number of rotatable bonds is 9. The maximum absolute atomic E-state index is 13.8. The lowest BCUT2D eigenvalue weighted by molar-refractivity contribution is -0.119. The molecule has 28 heavy (non-hydrogen) atoms. The molecule has 3 N–H and O–H groups in total. The molecule has 0 fully saturated rings. The van der Waals surface area contributed by atoms with Crippen LogP contribution in [0, 0.1) is 5.82 Å². The molecule has 3 amide bonds. The van der Waals surface area contributed by atoms with Gasteiger partial charge in [-0.2, -0.15) is 0 Å². The van der Waals surface area contributed by atoms with Crippen LogP contribution in [-0.4, -0.2) is 45.7 Å². The van der Waals surface area contributed by atoms with E-state index < -0.39 is 23.0 Å². The van der Waals surface area contributed by atoms with E-state index in [0.29, 0.717) is 17.6 Å². The van der Waals surface area contributed by atoms with Crippen LogP contribution in [0.5, 0.6) is 5.75 Å². The van der Waals surface area contributed by atoms with Gasteiger partial charge in [0.25, 0.3) is 0 Å². The van der Waals surface area contributed by atoms with Crippen LogP contribution >= 0.6 is 11.8 Å². The van der Waals surface area contributed by atoms with Crippen molar-refractivity contribution in [3.8, 4) is 5.75 Å². The van der Waals surface area contributed by atoms with Crippen molar-refractivity contribution in [2.24, 2.45) is 5.73 Å². The molecule has 0 aliphatic heterocycles. The zero-order valence-electron chi connectivity index (χ0n) is 15.7. The lowest BCUT2D eigenvalue weighted by Gasteiger charge is -2.18. The highest BCUT2D eigenvalue weighted by molar-refractivity contribution is 8.00. The predicted octanol–water partition coefficient (Wildman–Crippen LogP) is 1.88.